The number of unbranched alkanes of at least 4 members (excludes halogenated alkanes) is 13. The van der Waals surface area contributed by atoms with Gasteiger partial charge in [0.05, 0.1) is 11.4 Å². The van der Waals surface area contributed by atoms with Crippen molar-refractivity contribution >= 4 is 47.2 Å². The number of hydrogen-bond donors (Lipinski definition) is 2. The molecule has 44 heavy (non-hydrogen) atoms. The van der Waals surface area contributed by atoms with Gasteiger partial charge in [0, 0.05) is 16.3 Å². The zero-order valence-corrected chi connectivity index (χ0v) is 26.5. The molecular weight excluding hydrogens is 570 g/mol. The van der Waals surface area contributed by atoms with Crippen molar-refractivity contribution in [2.45, 2.75) is 107 Å². The number of rotatable bonds is 19. The molecule has 1 aliphatic rings. The molecule has 2 N–H and O–H groups in total. The topological polar surface area (TPSA) is 125 Å². The lowest BCUT2D eigenvalue weighted by Crippen LogP contribution is -2.22. The van der Waals surface area contributed by atoms with E-state index in [0.29, 0.717) is 11.1 Å². The largest absolute Gasteiger partial charge is 0.477 e. The van der Waals surface area contributed by atoms with Crippen LogP contribution in [0.5, 0.6) is 0 Å². The van der Waals surface area contributed by atoms with Crippen LogP contribution in [0.2, 0.25) is 0 Å². The molecule has 0 fully saturated rings. The molecule has 0 bridgehead atoms. The maximum absolute atomic E-state index is 11.4. The second-order valence-electron chi connectivity index (χ2n) is 11.3. The second-order valence-corrected chi connectivity index (χ2v) is 12.3. The number of benzene rings is 2. The fraction of sp³-hybridized carbons (Fsp3) is 0.444. The van der Waals surface area contributed by atoms with Crippen LogP contribution in [0.25, 0.3) is 12.2 Å². The standard InChI is InChI=1S/C36H43N3O4S/c1-2-3-4-5-6-7-8-9-10-11-12-13-14-15-20-39-31-18-16-27(21-29(25-37)35(40)41)23-33(31)44-34-24-28(17-19-32(34)39)22-30(26-38)36(42)43/h16-19,21-24H,2-15,20H2,1H3,(H,40,41)(H,42,43)/b29-21-,30-22-. The van der Waals surface area contributed by atoms with Gasteiger partial charge < -0.3 is 15.1 Å². The van der Waals surface area contributed by atoms with Gasteiger partial charge in [-0.3, -0.25) is 0 Å². The Morgan fingerprint density at radius 3 is 1.43 bits per heavy atom. The van der Waals surface area contributed by atoms with Gasteiger partial charge in [-0.05, 0) is 54.0 Å². The summed E-state index contributed by atoms with van der Waals surface area (Å²) >= 11 is 1.50. The van der Waals surface area contributed by atoms with Gasteiger partial charge in [0.2, 0.25) is 0 Å². The first-order valence-corrected chi connectivity index (χ1v) is 16.6. The Labute approximate surface area is 265 Å². The maximum Gasteiger partial charge on any atom is 0.346 e. The highest BCUT2D eigenvalue weighted by atomic mass is 32.2. The highest BCUT2D eigenvalue weighted by molar-refractivity contribution is 7.99. The van der Waals surface area contributed by atoms with Crippen molar-refractivity contribution < 1.29 is 19.8 Å². The molecule has 232 valence electrons. The van der Waals surface area contributed by atoms with Gasteiger partial charge in [0.15, 0.2) is 0 Å². The van der Waals surface area contributed by atoms with Crippen LogP contribution >= 0.6 is 11.8 Å². The molecular formula is C36H43N3O4S. The minimum atomic E-state index is -1.27. The first kappa shape index (κ1) is 34.5. The van der Waals surface area contributed by atoms with Crippen LogP contribution in [-0.4, -0.2) is 28.7 Å². The zero-order chi connectivity index (χ0) is 31.7. The third-order valence-electron chi connectivity index (χ3n) is 7.83. The Morgan fingerprint density at radius 1 is 0.682 bits per heavy atom. The van der Waals surface area contributed by atoms with Gasteiger partial charge in [-0.1, -0.05) is 114 Å². The van der Waals surface area contributed by atoms with Crippen LogP contribution in [0.4, 0.5) is 11.4 Å². The molecule has 7 nitrogen and oxygen atoms in total. The van der Waals surface area contributed by atoms with Crippen molar-refractivity contribution in [3.8, 4) is 12.1 Å². The summed E-state index contributed by atoms with van der Waals surface area (Å²) in [6.07, 6.45) is 20.8. The lowest BCUT2D eigenvalue weighted by Gasteiger charge is -2.33. The van der Waals surface area contributed by atoms with Crippen LogP contribution in [0.15, 0.2) is 57.3 Å². The summed E-state index contributed by atoms with van der Waals surface area (Å²) in [5, 5.41) is 37.0. The van der Waals surface area contributed by atoms with Gasteiger partial charge in [-0.2, -0.15) is 10.5 Å². The Balaban J connectivity index is 1.64. The number of aliphatic carboxylic acids is 2. The van der Waals surface area contributed by atoms with E-state index in [1.807, 2.05) is 36.4 Å². The molecule has 2 aromatic rings. The van der Waals surface area contributed by atoms with Crippen molar-refractivity contribution in [1.29, 1.82) is 10.5 Å². The van der Waals surface area contributed by atoms with E-state index in [4.69, 9.17) is 0 Å². The molecule has 0 spiro atoms. The summed E-state index contributed by atoms with van der Waals surface area (Å²) in [7, 11) is 0. The van der Waals surface area contributed by atoms with Crippen LogP contribution in [-0.2, 0) is 9.59 Å². The lowest BCUT2D eigenvalue weighted by molar-refractivity contribution is -0.133. The van der Waals surface area contributed by atoms with Gasteiger partial charge in [0.25, 0.3) is 0 Å². The highest BCUT2D eigenvalue weighted by Crippen LogP contribution is 2.49. The van der Waals surface area contributed by atoms with Gasteiger partial charge in [0.1, 0.15) is 23.3 Å². The number of carbonyl (C=O) groups is 2. The summed E-state index contributed by atoms with van der Waals surface area (Å²) in [5.74, 6) is -2.54. The Morgan fingerprint density at radius 2 is 1.07 bits per heavy atom. The molecule has 8 heteroatoms. The van der Waals surface area contributed by atoms with E-state index in [-0.39, 0.29) is 11.1 Å². The number of nitriles is 2. The van der Waals surface area contributed by atoms with Crippen molar-refractivity contribution in [3.05, 3.63) is 58.7 Å². The van der Waals surface area contributed by atoms with E-state index in [2.05, 4.69) is 11.8 Å². The molecule has 0 amide bonds. The third-order valence-corrected chi connectivity index (χ3v) is 8.92. The van der Waals surface area contributed by atoms with Crippen LogP contribution in [0.1, 0.15) is 108 Å². The smallest absolute Gasteiger partial charge is 0.346 e. The maximum atomic E-state index is 11.4. The summed E-state index contributed by atoms with van der Waals surface area (Å²) in [5.41, 5.74) is 2.57. The Hall–Kier alpha value is -4.01. The molecule has 0 radical (unpaired) electrons. The Kier molecular flexibility index (Phi) is 14.6. The van der Waals surface area contributed by atoms with Crippen molar-refractivity contribution in [2.75, 3.05) is 11.4 Å². The predicted molar refractivity (Wildman–Crippen MR) is 177 cm³/mol. The summed E-state index contributed by atoms with van der Waals surface area (Å²) in [6.45, 7) is 3.06. The Bertz CT molecular complexity index is 1340. The van der Waals surface area contributed by atoms with Gasteiger partial charge in [-0.15, -0.1) is 0 Å². The third kappa shape index (κ3) is 10.6. The second kappa shape index (κ2) is 18.6. The minimum absolute atomic E-state index is 0.337. The lowest BCUT2D eigenvalue weighted by atomic mass is 10.0. The van der Waals surface area contributed by atoms with E-state index < -0.39 is 11.9 Å². The minimum Gasteiger partial charge on any atom is -0.477 e. The van der Waals surface area contributed by atoms with Crippen molar-refractivity contribution in [3.63, 3.8) is 0 Å². The van der Waals surface area contributed by atoms with Crippen LogP contribution in [0, 0.1) is 22.7 Å². The molecule has 0 unspecified atom stereocenters. The number of carboxylic acid groups (broad SMARTS) is 2. The van der Waals surface area contributed by atoms with E-state index in [1.165, 1.54) is 101 Å². The fourth-order valence-electron chi connectivity index (χ4n) is 5.42. The quantitative estimate of drug-likeness (QED) is 0.0911. The monoisotopic (exact) mass is 613 g/mol. The molecule has 0 saturated heterocycles. The molecule has 0 atom stereocenters. The SMILES string of the molecule is CCCCCCCCCCCCCCCCN1c2ccc(/C=C(/C#N)C(=O)O)cc2Sc2cc(/C=C(/C#N)C(=O)O)ccc21. The molecule has 0 saturated carbocycles. The molecule has 1 heterocycles. The van der Waals surface area contributed by atoms with E-state index in [9.17, 15) is 30.3 Å². The molecule has 0 aliphatic carbocycles. The average Bonchev–Trinajstić information content (AvgIpc) is 3.01. The van der Waals surface area contributed by atoms with E-state index >= 15 is 0 Å². The number of hydrogen-bond acceptors (Lipinski definition) is 6. The summed E-state index contributed by atoms with van der Waals surface area (Å²) in [4.78, 5) is 26.8. The van der Waals surface area contributed by atoms with Crippen molar-refractivity contribution in [2.24, 2.45) is 0 Å². The number of fused-ring (bicyclic) bond motifs is 2. The molecule has 0 aromatic heterocycles. The van der Waals surface area contributed by atoms with Crippen LogP contribution < -0.4 is 4.90 Å². The fourth-order valence-corrected chi connectivity index (χ4v) is 6.61. The summed E-state index contributed by atoms with van der Waals surface area (Å²) < 4.78 is 0. The molecule has 2 aromatic carbocycles. The first-order valence-electron chi connectivity index (χ1n) is 15.8. The number of nitrogens with zero attached hydrogens (tertiary/aromatic N) is 3. The summed E-state index contributed by atoms with van der Waals surface area (Å²) in [6, 6.07) is 14.8. The normalized spacial score (nSPS) is 12.7. The van der Waals surface area contributed by atoms with Crippen molar-refractivity contribution in [1.82, 2.24) is 0 Å². The first-order chi connectivity index (χ1) is 21.4. The highest BCUT2D eigenvalue weighted by Gasteiger charge is 2.24. The number of carboxylic acids is 2. The molecule has 3 rings (SSSR count). The van der Waals surface area contributed by atoms with Gasteiger partial charge in [-0.25, -0.2) is 9.59 Å². The van der Waals surface area contributed by atoms with Gasteiger partial charge >= 0.3 is 11.9 Å². The average molecular weight is 614 g/mol. The zero-order valence-electron chi connectivity index (χ0n) is 25.7. The van der Waals surface area contributed by atoms with Crippen LogP contribution in [0.3, 0.4) is 0 Å². The predicted octanol–water partition coefficient (Wildman–Crippen LogP) is 9.75. The molecule has 1 aliphatic heterocycles. The van der Waals surface area contributed by atoms with E-state index in [0.717, 1.165) is 40.6 Å². The number of anilines is 2. The van der Waals surface area contributed by atoms with E-state index in [1.54, 1.807) is 12.1 Å².